The summed E-state index contributed by atoms with van der Waals surface area (Å²) in [5.74, 6) is -0.325. The van der Waals surface area contributed by atoms with E-state index in [-0.39, 0.29) is 11.9 Å². The van der Waals surface area contributed by atoms with Crippen molar-refractivity contribution in [1.29, 1.82) is 0 Å². The molecule has 2 nitrogen and oxygen atoms in total. The molecule has 1 unspecified atom stereocenters. The predicted molar refractivity (Wildman–Crippen MR) is 81.7 cm³/mol. The normalized spacial score (nSPS) is 12.8. The number of aromatic nitrogens is 1. The van der Waals surface area contributed by atoms with Crippen LogP contribution < -0.4 is 5.73 Å². The van der Waals surface area contributed by atoms with Crippen molar-refractivity contribution in [3.63, 3.8) is 0 Å². The first-order chi connectivity index (χ1) is 9.63. The van der Waals surface area contributed by atoms with Crippen molar-refractivity contribution >= 4 is 33.2 Å². The summed E-state index contributed by atoms with van der Waals surface area (Å²) in [7, 11) is 0. The maximum Gasteiger partial charge on any atom is 0.127 e. The summed E-state index contributed by atoms with van der Waals surface area (Å²) < 4.78 is 14.9. The van der Waals surface area contributed by atoms with E-state index in [1.807, 2.05) is 24.3 Å². The first-order valence-electron chi connectivity index (χ1n) is 6.18. The maximum atomic E-state index is 13.8. The van der Waals surface area contributed by atoms with Gasteiger partial charge in [-0.2, -0.15) is 0 Å². The lowest BCUT2D eigenvalue weighted by Gasteiger charge is -2.09. The van der Waals surface area contributed by atoms with Gasteiger partial charge in [-0.25, -0.2) is 9.37 Å². The molecule has 2 aromatic carbocycles. The molecule has 1 heterocycles. The Balaban J connectivity index is 1.86. The van der Waals surface area contributed by atoms with Crippen LogP contribution >= 0.6 is 22.9 Å². The van der Waals surface area contributed by atoms with Crippen molar-refractivity contribution in [2.45, 2.75) is 12.5 Å². The number of rotatable bonds is 3. The third kappa shape index (κ3) is 2.68. The van der Waals surface area contributed by atoms with Gasteiger partial charge in [0.05, 0.1) is 16.3 Å². The maximum absolute atomic E-state index is 13.8. The van der Waals surface area contributed by atoms with Gasteiger partial charge in [0.25, 0.3) is 0 Å². The summed E-state index contributed by atoms with van der Waals surface area (Å²) in [6.45, 7) is 0. The molecule has 5 heteroatoms. The highest BCUT2D eigenvalue weighted by atomic mass is 35.5. The Kier molecular flexibility index (Phi) is 3.70. The molecule has 20 heavy (non-hydrogen) atoms. The van der Waals surface area contributed by atoms with Gasteiger partial charge < -0.3 is 5.73 Å². The zero-order chi connectivity index (χ0) is 14.1. The molecule has 0 radical (unpaired) electrons. The number of nitrogens with two attached hydrogens (primary N) is 1. The largest absolute Gasteiger partial charge is 0.322 e. The Hall–Kier alpha value is -1.49. The van der Waals surface area contributed by atoms with Gasteiger partial charge in [0.2, 0.25) is 0 Å². The quantitative estimate of drug-likeness (QED) is 0.782. The van der Waals surface area contributed by atoms with E-state index in [1.165, 1.54) is 6.07 Å². The number of thiazole rings is 1. The molecule has 3 aromatic rings. The summed E-state index contributed by atoms with van der Waals surface area (Å²) >= 11 is 7.29. The number of hydrogen-bond donors (Lipinski definition) is 1. The molecule has 0 aliphatic heterocycles. The van der Waals surface area contributed by atoms with Crippen molar-refractivity contribution in [3.8, 4) is 0 Å². The number of para-hydroxylation sites is 1. The van der Waals surface area contributed by atoms with Gasteiger partial charge in [0.15, 0.2) is 0 Å². The van der Waals surface area contributed by atoms with E-state index in [0.717, 1.165) is 15.2 Å². The van der Waals surface area contributed by atoms with Crippen LogP contribution in [0.5, 0.6) is 0 Å². The fraction of sp³-hybridized carbons (Fsp3) is 0.133. The minimum absolute atomic E-state index is 0.317. The summed E-state index contributed by atoms with van der Waals surface area (Å²) in [6.07, 6.45) is 0.406. The van der Waals surface area contributed by atoms with E-state index in [2.05, 4.69) is 4.98 Å². The average Bonchev–Trinajstić information content (AvgIpc) is 2.86. The van der Waals surface area contributed by atoms with E-state index in [1.54, 1.807) is 23.5 Å². The Bertz CT molecular complexity index is 723. The molecule has 1 atom stereocenters. The second-order valence-electron chi connectivity index (χ2n) is 4.57. The minimum Gasteiger partial charge on any atom is -0.322 e. The standard InChI is InChI=1S/C15H12ClFN2S/c16-10-6-5-9(11(17)8-10)7-12(18)15-19-13-3-1-2-4-14(13)20-15/h1-6,8,12H,7,18H2. The monoisotopic (exact) mass is 306 g/mol. The van der Waals surface area contributed by atoms with Crippen molar-refractivity contribution in [2.75, 3.05) is 0 Å². The molecule has 0 saturated heterocycles. The zero-order valence-electron chi connectivity index (χ0n) is 10.5. The molecule has 0 aliphatic rings. The summed E-state index contributed by atoms with van der Waals surface area (Å²) in [5.41, 5.74) is 7.63. The average molecular weight is 307 g/mol. The van der Waals surface area contributed by atoms with Crippen LogP contribution in [0.2, 0.25) is 5.02 Å². The number of fused-ring (bicyclic) bond motifs is 1. The summed E-state index contributed by atoms with van der Waals surface area (Å²) in [5, 5.41) is 1.21. The third-order valence-corrected chi connectivity index (χ3v) is 4.49. The lowest BCUT2D eigenvalue weighted by atomic mass is 10.1. The van der Waals surface area contributed by atoms with E-state index >= 15 is 0 Å². The molecular weight excluding hydrogens is 295 g/mol. The smallest absolute Gasteiger partial charge is 0.127 e. The van der Waals surface area contributed by atoms with E-state index in [9.17, 15) is 4.39 Å². The lowest BCUT2D eigenvalue weighted by molar-refractivity contribution is 0.593. The Morgan fingerprint density at radius 2 is 2.05 bits per heavy atom. The molecule has 0 fully saturated rings. The topological polar surface area (TPSA) is 38.9 Å². The highest BCUT2D eigenvalue weighted by Gasteiger charge is 2.14. The van der Waals surface area contributed by atoms with Crippen LogP contribution in [0.4, 0.5) is 4.39 Å². The van der Waals surface area contributed by atoms with E-state index in [4.69, 9.17) is 17.3 Å². The van der Waals surface area contributed by atoms with Gasteiger partial charge in [-0.05, 0) is 36.2 Å². The fourth-order valence-corrected chi connectivity index (χ4v) is 3.19. The highest BCUT2D eigenvalue weighted by molar-refractivity contribution is 7.18. The Morgan fingerprint density at radius 3 is 2.80 bits per heavy atom. The first-order valence-corrected chi connectivity index (χ1v) is 7.38. The molecule has 3 rings (SSSR count). The number of nitrogens with zero attached hydrogens (tertiary/aromatic N) is 1. The van der Waals surface area contributed by atoms with Crippen molar-refractivity contribution in [3.05, 3.63) is 63.9 Å². The second-order valence-corrected chi connectivity index (χ2v) is 6.06. The van der Waals surface area contributed by atoms with Crippen LogP contribution in [0.15, 0.2) is 42.5 Å². The van der Waals surface area contributed by atoms with Gasteiger partial charge in [0.1, 0.15) is 10.8 Å². The number of hydrogen-bond acceptors (Lipinski definition) is 3. The molecule has 0 aliphatic carbocycles. The Labute approximate surface area is 125 Å². The first kappa shape index (κ1) is 13.5. The van der Waals surface area contributed by atoms with Crippen LogP contribution in [0.1, 0.15) is 16.6 Å². The van der Waals surface area contributed by atoms with Gasteiger partial charge in [0, 0.05) is 5.02 Å². The SMILES string of the molecule is NC(Cc1ccc(Cl)cc1F)c1nc2ccccc2s1. The fourth-order valence-electron chi connectivity index (χ4n) is 2.06. The van der Waals surface area contributed by atoms with Gasteiger partial charge in [-0.15, -0.1) is 11.3 Å². The van der Waals surface area contributed by atoms with Gasteiger partial charge in [-0.3, -0.25) is 0 Å². The van der Waals surface area contributed by atoms with Gasteiger partial charge in [-0.1, -0.05) is 29.8 Å². The van der Waals surface area contributed by atoms with Crippen LogP contribution in [-0.4, -0.2) is 4.98 Å². The predicted octanol–water partition coefficient (Wildman–Crippen LogP) is 4.33. The molecular formula is C15H12ClFN2S. The van der Waals surface area contributed by atoms with E-state index < -0.39 is 0 Å². The van der Waals surface area contributed by atoms with Crippen molar-refractivity contribution in [1.82, 2.24) is 4.98 Å². The zero-order valence-corrected chi connectivity index (χ0v) is 12.1. The van der Waals surface area contributed by atoms with Crippen LogP contribution in [0.25, 0.3) is 10.2 Å². The second kappa shape index (κ2) is 5.48. The molecule has 2 N–H and O–H groups in total. The summed E-state index contributed by atoms with van der Waals surface area (Å²) in [4.78, 5) is 4.50. The van der Waals surface area contributed by atoms with Crippen molar-refractivity contribution < 1.29 is 4.39 Å². The summed E-state index contributed by atoms with van der Waals surface area (Å²) in [6, 6.07) is 12.2. The van der Waals surface area contributed by atoms with Crippen LogP contribution in [0, 0.1) is 5.82 Å². The third-order valence-electron chi connectivity index (χ3n) is 3.08. The van der Waals surface area contributed by atoms with Gasteiger partial charge >= 0.3 is 0 Å². The number of benzene rings is 2. The molecule has 102 valence electrons. The number of halogens is 2. The Morgan fingerprint density at radius 1 is 1.25 bits per heavy atom. The lowest BCUT2D eigenvalue weighted by Crippen LogP contribution is -2.13. The van der Waals surface area contributed by atoms with Crippen LogP contribution in [-0.2, 0) is 6.42 Å². The highest BCUT2D eigenvalue weighted by Crippen LogP contribution is 2.27. The molecule has 1 aromatic heterocycles. The minimum atomic E-state index is -0.325. The van der Waals surface area contributed by atoms with E-state index in [0.29, 0.717) is 17.0 Å². The molecule has 0 bridgehead atoms. The molecule has 0 spiro atoms. The molecule has 0 amide bonds. The molecule has 0 saturated carbocycles. The van der Waals surface area contributed by atoms with Crippen LogP contribution in [0.3, 0.4) is 0 Å². The van der Waals surface area contributed by atoms with Crippen molar-refractivity contribution in [2.24, 2.45) is 5.73 Å².